The minimum Gasteiger partial charge on any atom is -0.349 e. The zero-order chi connectivity index (χ0) is 19.6. The molecule has 0 radical (unpaired) electrons. The van der Waals surface area contributed by atoms with Gasteiger partial charge in [-0.05, 0) is 55.5 Å². The summed E-state index contributed by atoms with van der Waals surface area (Å²) in [4.78, 5) is 13.3. The largest absolute Gasteiger partial charge is 0.349 e. The second kappa shape index (κ2) is 8.35. The fourth-order valence-electron chi connectivity index (χ4n) is 3.97. The number of rotatable bonds is 5. The first-order valence-corrected chi connectivity index (χ1v) is 12.3. The fraction of sp³-hybridized carbons (Fsp3) is 0.476. The van der Waals surface area contributed by atoms with Crippen molar-refractivity contribution in [2.24, 2.45) is 0 Å². The number of hydrogen-bond donors (Lipinski definition) is 1. The Labute approximate surface area is 170 Å². The molecule has 1 amide bonds. The summed E-state index contributed by atoms with van der Waals surface area (Å²) in [5.74, 6) is -0.0296. The van der Waals surface area contributed by atoms with Crippen LogP contribution < -0.4 is 5.32 Å². The molecule has 0 atom stereocenters. The number of hydrogen-bond acceptors (Lipinski definition) is 4. The van der Waals surface area contributed by atoms with Crippen LogP contribution in [0.3, 0.4) is 0 Å². The number of nitrogens with one attached hydrogen (secondary N) is 1. The molecule has 0 unspecified atom stereocenters. The molecule has 2 aromatic rings. The number of carbonyl (C=O) groups is 1. The number of sulfonamides is 1. The molecule has 1 N–H and O–H groups in total. The molecule has 150 valence electrons. The van der Waals surface area contributed by atoms with Crippen LogP contribution in [0, 0.1) is 0 Å². The van der Waals surface area contributed by atoms with Crippen LogP contribution in [0.25, 0.3) is 10.4 Å². The van der Waals surface area contributed by atoms with Gasteiger partial charge in [0.05, 0.1) is 0 Å². The first-order chi connectivity index (χ1) is 13.5. The third-order valence-corrected chi connectivity index (χ3v) is 9.11. The SMILES string of the molecule is O=C(NC1CCCC1)c1ccc(-c2ccc(S(=O)(=O)N3CCCCC3)s2)cc1. The van der Waals surface area contributed by atoms with Crippen molar-refractivity contribution in [1.29, 1.82) is 0 Å². The van der Waals surface area contributed by atoms with Crippen LogP contribution >= 0.6 is 11.3 Å². The predicted octanol–water partition coefficient (Wildman–Crippen LogP) is 4.26. The lowest BCUT2D eigenvalue weighted by molar-refractivity contribution is 0.0938. The maximum Gasteiger partial charge on any atom is 0.252 e. The van der Waals surface area contributed by atoms with Crippen LogP contribution in [0.1, 0.15) is 55.3 Å². The maximum atomic E-state index is 12.8. The molecule has 1 aromatic carbocycles. The molecule has 1 aliphatic heterocycles. The molecule has 0 spiro atoms. The van der Waals surface area contributed by atoms with Crippen LogP contribution in [-0.4, -0.2) is 37.8 Å². The van der Waals surface area contributed by atoms with Gasteiger partial charge in [0.15, 0.2) is 0 Å². The molecule has 28 heavy (non-hydrogen) atoms. The quantitative estimate of drug-likeness (QED) is 0.789. The Hall–Kier alpha value is -1.70. The second-order valence-electron chi connectivity index (χ2n) is 7.62. The molecule has 2 aliphatic rings. The smallest absolute Gasteiger partial charge is 0.252 e. The Bertz CT molecular complexity index is 923. The molecule has 5 nitrogen and oxygen atoms in total. The van der Waals surface area contributed by atoms with Crippen molar-refractivity contribution in [1.82, 2.24) is 9.62 Å². The molecule has 0 bridgehead atoms. The monoisotopic (exact) mass is 418 g/mol. The lowest BCUT2D eigenvalue weighted by atomic mass is 10.1. The van der Waals surface area contributed by atoms with E-state index in [-0.39, 0.29) is 5.91 Å². The van der Waals surface area contributed by atoms with E-state index in [9.17, 15) is 13.2 Å². The highest BCUT2D eigenvalue weighted by Gasteiger charge is 2.27. The van der Waals surface area contributed by atoms with E-state index in [2.05, 4.69) is 5.32 Å². The third kappa shape index (κ3) is 4.16. The zero-order valence-electron chi connectivity index (χ0n) is 15.9. The van der Waals surface area contributed by atoms with E-state index in [0.717, 1.165) is 42.5 Å². The van der Waals surface area contributed by atoms with E-state index in [0.29, 0.717) is 28.9 Å². The van der Waals surface area contributed by atoms with Crippen molar-refractivity contribution in [3.8, 4) is 10.4 Å². The lowest BCUT2D eigenvalue weighted by Crippen LogP contribution is -2.35. The molecular formula is C21H26N2O3S2. The van der Waals surface area contributed by atoms with Gasteiger partial charge in [-0.3, -0.25) is 4.79 Å². The van der Waals surface area contributed by atoms with Crippen molar-refractivity contribution in [3.63, 3.8) is 0 Å². The number of amides is 1. The molecule has 1 aromatic heterocycles. The summed E-state index contributed by atoms with van der Waals surface area (Å²) in [7, 11) is -3.40. The molecule has 2 fully saturated rings. The summed E-state index contributed by atoms with van der Waals surface area (Å²) >= 11 is 1.30. The Kier molecular flexibility index (Phi) is 5.85. The molecule has 2 heterocycles. The normalized spacial score (nSPS) is 19.0. The van der Waals surface area contributed by atoms with Crippen LogP contribution in [0.4, 0.5) is 0 Å². The highest BCUT2D eigenvalue weighted by Crippen LogP contribution is 2.33. The third-order valence-electron chi connectivity index (χ3n) is 5.61. The van der Waals surface area contributed by atoms with Gasteiger partial charge in [0.1, 0.15) is 4.21 Å². The summed E-state index contributed by atoms with van der Waals surface area (Å²) in [6.07, 6.45) is 7.46. The summed E-state index contributed by atoms with van der Waals surface area (Å²) in [5.41, 5.74) is 1.58. The van der Waals surface area contributed by atoms with Gasteiger partial charge in [0.2, 0.25) is 0 Å². The van der Waals surface area contributed by atoms with E-state index in [4.69, 9.17) is 0 Å². The van der Waals surface area contributed by atoms with E-state index in [1.54, 1.807) is 10.4 Å². The first kappa shape index (κ1) is 19.6. The Morgan fingerprint density at radius 2 is 1.61 bits per heavy atom. The zero-order valence-corrected chi connectivity index (χ0v) is 17.5. The number of nitrogens with zero attached hydrogens (tertiary/aromatic N) is 1. The van der Waals surface area contributed by atoms with Gasteiger partial charge in [-0.2, -0.15) is 4.31 Å². The molecule has 4 rings (SSSR count). The van der Waals surface area contributed by atoms with E-state index in [1.807, 2.05) is 30.3 Å². The number of piperidine rings is 1. The number of carbonyl (C=O) groups excluding carboxylic acids is 1. The van der Waals surface area contributed by atoms with Gasteiger partial charge >= 0.3 is 0 Å². The van der Waals surface area contributed by atoms with E-state index in [1.165, 1.54) is 24.2 Å². The van der Waals surface area contributed by atoms with Crippen LogP contribution in [0.15, 0.2) is 40.6 Å². The minimum absolute atomic E-state index is 0.0296. The highest BCUT2D eigenvalue weighted by molar-refractivity contribution is 7.91. The molecule has 1 saturated carbocycles. The van der Waals surface area contributed by atoms with Crippen molar-refractivity contribution < 1.29 is 13.2 Å². The van der Waals surface area contributed by atoms with Crippen molar-refractivity contribution in [2.45, 2.75) is 55.2 Å². The molecule has 1 aliphatic carbocycles. The number of thiophene rings is 1. The predicted molar refractivity (Wildman–Crippen MR) is 112 cm³/mol. The average Bonchev–Trinajstić information content (AvgIpc) is 3.41. The molecule has 1 saturated heterocycles. The summed E-state index contributed by atoms with van der Waals surface area (Å²) in [6.45, 7) is 1.22. The van der Waals surface area contributed by atoms with Gasteiger partial charge in [0, 0.05) is 29.6 Å². The topological polar surface area (TPSA) is 66.5 Å². The van der Waals surface area contributed by atoms with Crippen LogP contribution in [-0.2, 0) is 10.0 Å². The summed E-state index contributed by atoms with van der Waals surface area (Å²) in [5, 5.41) is 3.09. The van der Waals surface area contributed by atoms with E-state index >= 15 is 0 Å². The Morgan fingerprint density at radius 1 is 0.929 bits per heavy atom. The summed E-state index contributed by atoms with van der Waals surface area (Å²) in [6, 6.07) is 11.3. The minimum atomic E-state index is -3.40. The van der Waals surface area contributed by atoms with E-state index < -0.39 is 10.0 Å². The fourth-order valence-corrected chi connectivity index (χ4v) is 6.95. The maximum absolute atomic E-state index is 12.8. The molecule has 7 heteroatoms. The van der Waals surface area contributed by atoms with Crippen molar-refractivity contribution in [2.75, 3.05) is 13.1 Å². The van der Waals surface area contributed by atoms with Gasteiger partial charge in [-0.1, -0.05) is 31.4 Å². The van der Waals surface area contributed by atoms with Crippen LogP contribution in [0.5, 0.6) is 0 Å². The lowest BCUT2D eigenvalue weighted by Gasteiger charge is -2.25. The molecular weight excluding hydrogens is 392 g/mol. The van der Waals surface area contributed by atoms with Gasteiger partial charge < -0.3 is 5.32 Å². The first-order valence-electron chi connectivity index (χ1n) is 10.1. The Morgan fingerprint density at radius 3 is 2.29 bits per heavy atom. The van der Waals surface area contributed by atoms with Gasteiger partial charge in [-0.25, -0.2) is 8.42 Å². The standard InChI is InChI=1S/C21H26N2O3S2/c24-21(22-18-6-2-3-7-18)17-10-8-16(9-11-17)19-12-13-20(27-19)28(25,26)23-14-4-1-5-15-23/h8-13,18H,1-7,14-15H2,(H,22,24). The van der Waals surface area contributed by atoms with Crippen LogP contribution in [0.2, 0.25) is 0 Å². The number of benzene rings is 1. The van der Waals surface area contributed by atoms with Gasteiger partial charge in [0.25, 0.3) is 15.9 Å². The Balaban J connectivity index is 1.47. The van der Waals surface area contributed by atoms with Gasteiger partial charge in [-0.15, -0.1) is 11.3 Å². The average molecular weight is 419 g/mol. The van der Waals surface area contributed by atoms with Crippen molar-refractivity contribution in [3.05, 3.63) is 42.0 Å². The highest BCUT2D eigenvalue weighted by atomic mass is 32.2. The van der Waals surface area contributed by atoms with Crippen molar-refractivity contribution >= 4 is 27.3 Å². The second-order valence-corrected chi connectivity index (χ2v) is 10.9. The summed E-state index contributed by atoms with van der Waals surface area (Å²) < 4.78 is 27.6.